The second-order valence-corrected chi connectivity index (χ2v) is 5.90. The SMILES string of the molecule is COc1ccc(/C=C2\NC(=O)N(CCCCCC(=O)NO)C2=O)c(OC)c1. The summed E-state index contributed by atoms with van der Waals surface area (Å²) in [7, 11) is 3.05. The molecule has 1 aliphatic rings. The maximum Gasteiger partial charge on any atom is 0.329 e. The van der Waals surface area contributed by atoms with Crippen LogP contribution >= 0.6 is 0 Å². The number of urea groups is 1. The topological polar surface area (TPSA) is 117 Å². The van der Waals surface area contributed by atoms with E-state index >= 15 is 0 Å². The molecule has 1 aliphatic heterocycles. The van der Waals surface area contributed by atoms with Gasteiger partial charge >= 0.3 is 6.03 Å². The van der Waals surface area contributed by atoms with Crippen LogP contribution in [-0.4, -0.2) is 48.7 Å². The minimum atomic E-state index is -0.480. The zero-order valence-electron chi connectivity index (χ0n) is 15.3. The first kappa shape index (κ1) is 20.2. The Morgan fingerprint density at radius 3 is 2.67 bits per heavy atom. The lowest BCUT2D eigenvalue weighted by Gasteiger charge is -2.11. The van der Waals surface area contributed by atoms with Gasteiger partial charge in [0.05, 0.1) is 14.2 Å². The zero-order chi connectivity index (χ0) is 19.8. The van der Waals surface area contributed by atoms with Gasteiger partial charge in [0.25, 0.3) is 5.91 Å². The molecule has 4 amide bonds. The van der Waals surface area contributed by atoms with Gasteiger partial charge in [0.1, 0.15) is 17.2 Å². The Morgan fingerprint density at radius 1 is 1.22 bits per heavy atom. The van der Waals surface area contributed by atoms with Crippen LogP contribution in [0.25, 0.3) is 6.08 Å². The van der Waals surface area contributed by atoms with Crippen molar-refractivity contribution in [3.63, 3.8) is 0 Å². The second-order valence-electron chi connectivity index (χ2n) is 5.90. The van der Waals surface area contributed by atoms with Crippen LogP contribution in [-0.2, 0) is 9.59 Å². The lowest BCUT2D eigenvalue weighted by molar-refractivity contribution is -0.129. The van der Waals surface area contributed by atoms with Crippen LogP contribution in [0.4, 0.5) is 4.79 Å². The van der Waals surface area contributed by atoms with Gasteiger partial charge in [-0.2, -0.15) is 0 Å². The molecule has 0 unspecified atom stereocenters. The number of imide groups is 1. The van der Waals surface area contributed by atoms with Gasteiger partial charge in [-0.1, -0.05) is 6.42 Å². The van der Waals surface area contributed by atoms with Crippen LogP contribution in [0, 0.1) is 0 Å². The lowest BCUT2D eigenvalue weighted by atomic mass is 10.1. The highest BCUT2D eigenvalue weighted by molar-refractivity contribution is 6.14. The van der Waals surface area contributed by atoms with Gasteiger partial charge < -0.3 is 14.8 Å². The van der Waals surface area contributed by atoms with E-state index in [0.29, 0.717) is 36.3 Å². The number of nitrogens with one attached hydrogen (secondary N) is 2. The summed E-state index contributed by atoms with van der Waals surface area (Å²) < 4.78 is 10.4. The molecule has 0 aliphatic carbocycles. The molecule has 2 rings (SSSR count). The summed E-state index contributed by atoms with van der Waals surface area (Å²) in [5, 5.41) is 11.0. The molecule has 1 fully saturated rings. The first-order valence-electron chi connectivity index (χ1n) is 8.49. The number of rotatable bonds is 9. The molecule has 0 radical (unpaired) electrons. The van der Waals surface area contributed by atoms with Crippen molar-refractivity contribution in [3.8, 4) is 11.5 Å². The number of hydrogen-bond acceptors (Lipinski definition) is 6. The molecule has 1 saturated heterocycles. The standard InChI is InChI=1S/C18H23N3O6/c1-26-13-8-7-12(15(11-13)27-2)10-14-17(23)21(18(24)19-14)9-5-3-4-6-16(22)20-25/h7-8,10-11,25H,3-6,9H2,1-2H3,(H,19,24)(H,20,22)/b14-10-. The minimum absolute atomic E-state index is 0.170. The van der Waals surface area contributed by atoms with Crippen LogP contribution in [0.2, 0.25) is 0 Å². The van der Waals surface area contributed by atoms with Gasteiger partial charge in [-0.15, -0.1) is 0 Å². The molecule has 3 N–H and O–H groups in total. The molecule has 27 heavy (non-hydrogen) atoms. The van der Waals surface area contributed by atoms with Crippen LogP contribution < -0.4 is 20.3 Å². The van der Waals surface area contributed by atoms with Gasteiger partial charge in [0, 0.05) is 24.6 Å². The maximum atomic E-state index is 12.5. The number of ether oxygens (including phenoxy) is 2. The molecule has 9 nitrogen and oxygen atoms in total. The average molecular weight is 377 g/mol. The number of nitrogens with zero attached hydrogens (tertiary/aromatic N) is 1. The van der Waals surface area contributed by atoms with E-state index in [1.807, 2.05) is 0 Å². The summed E-state index contributed by atoms with van der Waals surface area (Å²) in [6.45, 7) is 0.252. The van der Waals surface area contributed by atoms with Crippen LogP contribution in [0.3, 0.4) is 0 Å². The van der Waals surface area contributed by atoms with E-state index in [9.17, 15) is 14.4 Å². The van der Waals surface area contributed by atoms with Gasteiger partial charge in [0.2, 0.25) is 5.91 Å². The summed E-state index contributed by atoms with van der Waals surface area (Å²) in [5.74, 6) is 0.270. The first-order chi connectivity index (χ1) is 13.0. The van der Waals surface area contributed by atoms with Crippen LogP contribution in [0.1, 0.15) is 31.2 Å². The Labute approximate surface area is 156 Å². The highest BCUT2D eigenvalue weighted by atomic mass is 16.5. The molecule has 146 valence electrons. The van der Waals surface area contributed by atoms with Gasteiger partial charge in [0.15, 0.2) is 0 Å². The molecule has 9 heteroatoms. The Bertz CT molecular complexity index is 747. The van der Waals surface area contributed by atoms with Gasteiger partial charge in [-0.25, -0.2) is 10.3 Å². The summed E-state index contributed by atoms with van der Waals surface area (Å²) >= 11 is 0. The van der Waals surface area contributed by atoms with E-state index in [1.165, 1.54) is 7.11 Å². The van der Waals surface area contributed by atoms with E-state index in [0.717, 1.165) is 4.90 Å². The number of carbonyl (C=O) groups is 3. The van der Waals surface area contributed by atoms with Crippen molar-refractivity contribution in [3.05, 3.63) is 29.5 Å². The first-order valence-corrected chi connectivity index (χ1v) is 8.49. The molecule has 0 aromatic heterocycles. The van der Waals surface area contributed by atoms with Crippen molar-refractivity contribution in [2.45, 2.75) is 25.7 Å². The molecular formula is C18H23N3O6. The van der Waals surface area contributed by atoms with Crippen LogP contribution in [0.5, 0.6) is 11.5 Å². The number of unbranched alkanes of at least 4 members (excludes halogenated alkanes) is 2. The number of hydrogen-bond donors (Lipinski definition) is 3. The highest BCUT2D eigenvalue weighted by Gasteiger charge is 2.33. The van der Waals surface area contributed by atoms with Crippen molar-refractivity contribution in [2.24, 2.45) is 0 Å². The average Bonchev–Trinajstić information content (AvgIpc) is 2.94. The molecule has 0 spiro atoms. The van der Waals surface area contributed by atoms with E-state index in [1.54, 1.807) is 36.9 Å². The Kier molecular flexibility index (Phi) is 7.18. The quantitative estimate of drug-likeness (QED) is 0.198. The molecule has 1 aromatic rings. The van der Waals surface area contributed by atoms with Crippen molar-refractivity contribution >= 4 is 23.9 Å². The number of amides is 4. The molecule has 0 bridgehead atoms. The summed E-state index contributed by atoms with van der Waals surface area (Å²) in [6.07, 6.45) is 3.53. The number of methoxy groups -OCH3 is 2. The lowest BCUT2D eigenvalue weighted by Crippen LogP contribution is -2.31. The van der Waals surface area contributed by atoms with Crippen molar-refractivity contribution < 1.29 is 29.1 Å². The van der Waals surface area contributed by atoms with Gasteiger partial charge in [-0.3, -0.25) is 19.7 Å². The fourth-order valence-electron chi connectivity index (χ4n) is 2.66. The smallest absolute Gasteiger partial charge is 0.329 e. The van der Waals surface area contributed by atoms with E-state index in [2.05, 4.69) is 5.32 Å². The zero-order valence-corrected chi connectivity index (χ0v) is 15.3. The fourth-order valence-corrected chi connectivity index (χ4v) is 2.66. The van der Waals surface area contributed by atoms with E-state index < -0.39 is 17.8 Å². The molecule has 0 atom stereocenters. The van der Waals surface area contributed by atoms with Crippen molar-refractivity contribution in [1.82, 2.24) is 15.7 Å². The third kappa shape index (κ3) is 5.20. The molecule has 1 heterocycles. The third-order valence-corrected chi connectivity index (χ3v) is 4.11. The summed E-state index contributed by atoms with van der Waals surface area (Å²) in [4.78, 5) is 36.6. The van der Waals surface area contributed by atoms with Crippen molar-refractivity contribution in [1.29, 1.82) is 0 Å². The Hall–Kier alpha value is -3.07. The fraction of sp³-hybridized carbons (Fsp3) is 0.389. The third-order valence-electron chi connectivity index (χ3n) is 4.11. The summed E-state index contributed by atoms with van der Waals surface area (Å²) in [6, 6.07) is 4.68. The van der Waals surface area contributed by atoms with Crippen LogP contribution in [0.15, 0.2) is 23.9 Å². The highest BCUT2D eigenvalue weighted by Crippen LogP contribution is 2.27. The normalized spacial score (nSPS) is 15.1. The Balaban J connectivity index is 1.99. The number of hydroxylamine groups is 1. The van der Waals surface area contributed by atoms with E-state index in [4.69, 9.17) is 14.7 Å². The predicted molar refractivity (Wildman–Crippen MR) is 96.2 cm³/mol. The molecular weight excluding hydrogens is 354 g/mol. The molecule has 1 aromatic carbocycles. The maximum absolute atomic E-state index is 12.5. The molecule has 0 saturated carbocycles. The summed E-state index contributed by atoms with van der Waals surface area (Å²) in [5.41, 5.74) is 2.37. The second kappa shape index (κ2) is 9.58. The van der Waals surface area contributed by atoms with Gasteiger partial charge in [-0.05, 0) is 31.1 Å². The minimum Gasteiger partial charge on any atom is -0.497 e. The van der Waals surface area contributed by atoms with E-state index in [-0.39, 0.29) is 18.7 Å². The van der Waals surface area contributed by atoms with Crippen molar-refractivity contribution in [2.75, 3.05) is 20.8 Å². The predicted octanol–water partition coefficient (Wildman–Crippen LogP) is 1.66. The monoisotopic (exact) mass is 377 g/mol. The number of benzene rings is 1. The largest absolute Gasteiger partial charge is 0.497 e. The Morgan fingerprint density at radius 2 is 2.00 bits per heavy atom. The number of carbonyl (C=O) groups excluding carboxylic acids is 3.